The van der Waals surface area contributed by atoms with Crippen LogP contribution in [0, 0.1) is 10.1 Å². The third-order valence-corrected chi connectivity index (χ3v) is 5.91. The van der Waals surface area contributed by atoms with E-state index in [1.54, 1.807) is 6.07 Å². The molecule has 7 heteroatoms. The number of nitrogens with zero attached hydrogens (tertiary/aromatic N) is 2. The standard InChI is InChI=1S/C23H21N3O4/c27-23(24-20-8-6-16-5-4-15-2-1-3-18(20)22(15)16)19-14-17(26(28)29)7-9-21(19)25-10-12-30-13-11-25/h1-3,6-9,14H,4-5,10-13H2,(H,24,27). The molecule has 30 heavy (non-hydrogen) atoms. The minimum absolute atomic E-state index is 0.0995. The first kappa shape index (κ1) is 18.6. The van der Waals surface area contributed by atoms with E-state index in [-0.39, 0.29) is 11.6 Å². The largest absolute Gasteiger partial charge is 0.378 e. The molecule has 1 aliphatic carbocycles. The Kier molecular flexibility index (Phi) is 4.59. The molecule has 1 aliphatic heterocycles. The summed E-state index contributed by atoms with van der Waals surface area (Å²) < 4.78 is 5.41. The number of morpholine rings is 1. The minimum atomic E-state index is -0.473. The number of amides is 1. The van der Waals surface area contributed by atoms with Gasteiger partial charge in [0.05, 0.1) is 29.4 Å². The van der Waals surface area contributed by atoms with Gasteiger partial charge in [-0.3, -0.25) is 14.9 Å². The van der Waals surface area contributed by atoms with E-state index in [4.69, 9.17) is 4.74 Å². The smallest absolute Gasteiger partial charge is 0.270 e. The van der Waals surface area contributed by atoms with Gasteiger partial charge in [-0.25, -0.2) is 0 Å². The fourth-order valence-electron chi connectivity index (χ4n) is 4.44. The zero-order chi connectivity index (χ0) is 20.7. The molecule has 1 saturated heterocycles. The summed E-state index contributed by atoms with van der Waals surface area (Å²) in [7, 11) is 0. The van der Waals surface area contributed by atoms with Gasteiger partial charge in [0, 0.05) is 36.3 Å². The number of carbonyl (C=O) groups is 1. The van der Waals surface area contributed by atoms with Crippen molar-refractivity contribution in [2.24, 2.45) is 0 Å². The topological polar surface area (TPSA) is 84.7 Å². The van der Waals surface area contributed by atoms with Crippen molar-refractivity contribution in [1.82, 2.24) is 0 Å². The Morgan fingerprint density at radius 3 is 2.57 bits per heavy atom. The molecule has 0 atom stereocenters. The van der Waals surface area contributed by atoms with Crippen molar-refractivity contribution in [2.75, 3.05) is 36.5 Å². The Hall–Kier alpha value is -3.45. The first-order valence-corrected chi connectivity index (χ1v) is 10.1. The monoisotopic (exact) mass is 403 g/mol. The van der Waals surface area contributed by atoms with Crippen molar-refractivity contribution in [3.63, 3.8) is 0 Å². The van der Waals surface area contributed by atoms with Gasteiger partial charge in [0.15, 0.2) is 0 Å². The number of non-ortho nitro benzene ring substituents is 1. The van der Waals surface area contributed by atoms with Gasteiger partial charge in [0.1, 0.15) is 0 Å². The number of hydrogen-bond acceptors (Lipinski definition) is 5. The molecule has 152 valence electrons. The molecule has 0 aromatic heterocycles. The van der Waals surface area contributed by atoms with Crippen LogP contribution in [0.25, 0.3) is 10.8 Å². The summed E-state index contributed by atoms with van der Waals surface area (Å²) in [5.41, 5.74) is 4.20. The lowest BCUT2D eigenvalue weighted by Gasteiger charge is -2.30. The maximum absolute atomic E-state index is 13.3. The van der Waals surface area contributed by atoms with Crippen molar-refractivity contribution in [3.05, 3.63) is 75.3 Å². The molecule has 3 aromatic rings. The van der Waals surface area contributed by atoms with E-state index in [2.05, 4.69) is 17.4 Å². The summed E-state index contributed by atoms with van der Waals surface area (Å²) in [6, 6.07) is 14.6. The second-order valence-electron chi connectivity index (χ2n) is 7.62. The highest BCUT2D eigenvalue weighted by Gasteiger charge is 2.23. The van der Waals surface area contributed by atoms with Gasteiger partial charge in [0.2, 0.25) is 0 Å². The van der Waals surface area contributed by atoms with Gasteiger partial charge in [-0.15, -0.1) is 0 Å². The van der Waals surface area contributed by atoms with E-state index in [0.717, 1.165) is 23.9 Å². The van der Waals surface area contributed by atoms with Crippen molar-refractivity contribution >= 4 is 33.7 Å². The number of anilines is 2. The molecule has 0 radical (unpaired) electrons. The zero-order valence-electron chi connectivity index (χ0n) is 16.4. The van der Waals surface area contributed by atoms with Crippen LogP contribution in [0.2, 0.25) is 0 Å². The van der Waals surface area contributed by atoms with Gasteiger partial charge in [-0.1, -0.05) is 24.3 Å². The number of nitro groups is 1. The average molecular weight is 403 g/mol. The normalized spacial score (nSPS) is 15.4. The van der Waals surface area contributed by atoms with E-state index >= 15 is 0 Å². The molecule has 7 nitrogen and oxygen atoms in total. The molecular weight excluding hydrogens is 382 g/mol. The molecule has 1 heterocycles. The van der Waals surface area contributed by atoms with E-state index in [9.17, 15) is 14.9 Å². The van der Waals surface area contributed by atoms with Gasteiger partial charge in [0.25, 0.3) is 11.6 Å². The molecule has 0 bridgehead atoms. The highest BCUT2D eigenvalue weighted by atomic mass is 16.6. The van der Waals surface area contributed by atoms with Crippen LogP contribution in [0.1, 0.15) is 21.5 Å². The lowest BCUT2D eigenvalue weighted by atomic mass is 10.0. The number of carbonyl (C=O) groups excluding carboxylic acids is 1. The SMILES string of the molecule is O=C(Nc1ccc2c3c(cccc13)CC2)c1cc([N+](=O)[O-])ccc1N1CCOCC1. The molecule has 0 spiro atoms. The fourth-order valence-corrected chi connectivity index (χ4v) is 4.44. The fraction of sp³-hybridized carbons (Fsp3) is 0.261. The summed E-state index contributed by atoms with van der Waals surface area (Å²) in [4.78, 5) is 26.2. The van der Waals surface area contributed by atoms with Crippen molar-refractivity contribution in [3.8, 4) is 0 Å². The predicted octanol–water partition coefficient (Wildman–Crippen LogP) is 3.94. The Labute approximate surface area is 173 Å². The third-order valence-electron chi connectivity index (χ3n) is 5.91. The molecule has 3 aromatic carbocycles. The van der Waals surface area contributed by atoms with Gasteiger partial charge < -0.3 is 15.0 Å². The van der Waals surface area contributed by atoms with E-state index < -0.39 is 4.92 Å². The van der Waals surface area contributed by atoms with Crippen LogP contribution in [0.15, 0.2) is 48.5 Å². The highest BCUT2D eigenvalue weighted by molar-refractivity contribution is 6.13. The number of ether oxygens (including phenoxy) is 1. The summed E-state index contributed by atoms with van der Waals surface area (Å²) in [5.74, 6) is -0.348. The van der Waals surface area contributed by atoms with Crippen LogP contribution in [0.5, 0.6) is 0 Å². The Morgan fingerprint density at radius 2 is 1.80 bits per heavy atom. The molecule has 1 amide bonds. The summed E-state index contributed by atoms with van der Waals surface area (Å²) >= 11 is 0. The van der Waals surface area contributed by atoms with E-state index in [1.807, 2.05) is 23.1 Å². The first-order valence-electron chi connectivity index (χ1n) is 10.1. The maximum atomic E-state index is 13.3. The molecule has 0 saturated carbocycles. The van der Waals surface area contributed by atoms with Crippen LogP contribution in [-0.4, -0.2) is 37.1 Å². The van der Waals surface area contributed by atoms with Crippen LogP contribution in [-0.2, 0) is 17.6 Å². The Morgan fingerprint density at radius 1 is 1.03 bits per heavy atom. The van der Waals surface area contributed by atoms with E-state index in [0.29, 0.717) is 37.6 Å². The summed E-state index contributed by atoms with van der Waals surface area (Å²) in [6.45, 7) is 2.40. The van der Waals surface area contributed by atoms with Crippen molar-refractivity contribution < 1.29 is 14.5 Å². The van der Waals surface area contributed by atoms with Crippen molar-refractivity contribution in [2.45, 2.75) is 12.8 Å². The molecule has 0 unspecified atom stereocenters. The molecule has 5 rings (SSSR count). The number of nitro benzene ring substituents is 1. The van der Waals surface area contributed by atoms with Gasteiger partial charge in [-0.05, 0) is 41.5 Å². The van der Waals surface area contributed by atoms with Crippen molar-refractivity contribution in [1.29, 1.82) is 0 Å². The number of hydrogen-bond donors (Lipinski definition) is 1. The van der Waals surface area contributed by atoms with Crippen LogP contribution >= 0.6 is 0 Å². The Bertz CT molecular complexity index is 1160. The lowest BCUT2D eigenvalue weighted by Crippen LogP contribution is -2.37. The number of benzene rings is 3. The predicted molar refractivity (Wildman–Crippen MR) is 115 cm³/mol. The number of aryl methyl sites for hydroxylation is 2. The second-order valence-corrected chi connectivity index (χ2v) is 7.62. The average Bonchev–Trinajstić information content (AvgIpc) is 3.20. The highest BCUT2D eigenvalue weighted by Crippen LogP contribution is 2.35. The van der Waals surface area contributed by atoms with Crippen LogP contribution < -0.4 is 10.2 Å². The first-order chi connectivity index (χ1) is 14.6. The number of nitrogens with one attached hydrogen (secondary N) is 1. The van der Waals surface area contributed by atoms with E-state index in [1.165, 1.54) is 28.6 Å². The quantitative estimate of drug-likeness (QED) is 0.527. The lowest BCUT2D eigenvalue weighted by molar-refractivity contribution is -0.384. The van der Waals surface area contributed by atoms with Gasteiger partial charge in [-0.2, -0.15) is 0 Å². The summed E-state index contributed by atoms with van der Waals surface area (Å²) in [5, 5.41) is 16.5. The molecule has 1 fully saturated rings. The van der Waals surface area contributed by atoms with Crippen LogP contribution in [0.4, 0.5) is 17.1 Å². The van der Waals surface area contributed by atoms with Crippen LogP contribution in [0.3, 0.4) is 0 Å². The summed E-state index contributed by atoms with van der Waals surface area (Å²) in [6.07, 6.45) is 2.02. The number of rotatable bonds is 4. The Balaban J connectivity index is 1.54. The second kappa shape index (κ2) is 7.42. The third kappa shape index (κ3) is 3.17. The van der Waals surface area contributed by atoms with Gasteiger partial charge >= 0.3 is 0 Å². The maximum Gasteiger partial charge on any atom is 0.270 e. The molecule has 2 aliphatic rings. The molecule has 1 N–H and O–H groups in total. The molecular formula is C23H21N3O4. The zero-order valence-corrected chi connectivity index (χ0v) is 16.4. The minimum Gasteiger partial charge on any atom is -0.378 e.